The van der Waals surface area contributed by atoms with Crippen molar-refractivity contribution in [1.82, 2.24) is 20.1 Å². The molecule has 3 aromatic rings. The highest BCUT2D eigenvalue weighted by Crippen LogP contribution is 2.22. The van der Waals surface area contributed by atoms with E-state index in [2.05, 4.69) is 20.3 Å². The molecule has 3 rings (SSSR count). The van der Waals surface area contributed by atoms with Gasteiger partial charge in [0.05, 0.1) is 24.3 Å². The Bertz CT molecular complexity index is 879. The number of amides is 1. The van der Waals surface area contributed by atoms with Crippen molar-refractivity contribution in [3.8, 4) is 5.69 Å². The summed E-state index contributed by atoms with van der Waals surface area (Å²) in [5.74, 6) is 0.202. The molecule has 0 atom stereocenters. The predicted molar refractivity (Wildman–Crippen MR) is 99.6 cm³/mol. The van der Waals surface area contributed by atoms with Crippen molar-refractivity contribution < 1.29 is 14.3 Å². The topological polar surface area (TPSA) is 86.1 Å². The molecule has 0 unspecified atom stereocenters. The van der Waals surface area contributed by atoms with Crippen molar-refractivity contribution in [2.75, 3.05) is 12.9 Å². The smallest absolute Gasteiger partial charge is 0.316 e. The maximum atomic E-state index is 12.2. The van der Waals surface area contributed by atoms with Gasteiger partial charge < -0.3 is 10.1 Å². The monoisotopic (exact) mass is 388 g/mol. The molecular weight excluding hydrogens is 372 g/mol. The first-order valence-corrected chi connectivity index (χ1v) is 9.56. The van der Waals surface area contributed by atoms with Crippen molar-refractivity contribution in [3.05, 3.63) is 58.5 Å². The van der Waals surface area contributed by atoms with Crippen molar-refractivity contribution in [3.63, 3.8) is 0 Å². The van der Waals surface area contributed by atoms with Crippen LogP contribution in [-0.2, 0) is 16.1 Å². The van der Waals surface area contributed by atoms with Gasteiger partial charge in [0.2, 0.25) is 0 Å². The SMILES string of the molecule is COC(=O)CSc1nnc(CNC(=O)c2cccs2)n1-c1ccccc1. The van der Waals surface area contributed by atoms with Crippen LogP contribution in [0.1, 0.15) is 15.5 Å². The molecule has 0 bridgehead atoms. The fourth-order valence-electron chi connectivity index (χ4n) is 2.18. The van der Waals surface area contributed by atoms with Crippen LogP contribution in [0.4, 0.5) is 0 Å². The van der Waals surface area contributed by atoms with Crippen LogP contribution in [0.25, 0.3) is 5.69 Å². The number of benzene rings is 1. The molecule has 0 aliphatic carbocycles. The van der Waals surface area contributed by atoms with E-state index in [9.17, 15) is 9.59 Å². The minimum absolute atomic E-state index is 0.128. The van der Waals surface area contributed by atoms with E-state index in [1.54, 1.807) is 6.07 Å². The lowest BCUT2D eigenvalue weighted by Gasteiger charge is -2.10. The minimum Gasteiger partial charge on any atom is -0.468 e. The number of nitrogens with one attached hydrogen (secondary N) is 1. The zero-order valence-corrected chi connectivity index (χ0v) is 15.5. The van der Waals surface area contributed by atoms with Gasteiger partial charge in [0, 0.05) is 5.69 Å². The zero-order valence-electron chi connectivity index (χ0n) is 13.9. The van der Waals surface area contributed by atoms with Gasteiger partial charge in [0.1, 0.15) is 0 Å². The fraction of sp³-hybridized carbons (Fsp3) is 0.176. The summed E-state index contributed by atoms with van der Waals surface area (Å²) in [5, 5.41) is 13.6. The number of hydrogen-bond donors (Lipinski definition) is 1. The molecule has 9 heteroatoms. The molecule has 0 saturated carbocycles. The number of ether oxygens (including phenoxy) is 1. The number of carbonyl (C=O) groups is 2. The molecule has 1 aromatic carbocycles. The third-order valence-electron chi connectivity index (χ3n) is 3.41. The summed E-state index contributed by atoms with van der Waals surface area (Å²) in [4.78, 5) is 24.2. The normalized spacial score (nSPS) is 10.5. The highest BCUT2D eigenvalue weighted by atomic mass is 32.2. The Labute approximate surface area is 158 Å². The maximum Gasteiger partial charge on any atom is 0.316 e. The number of para-hydroxylation sites is 1. The van der Waals surface area contributed by atoms with Crippen LogP contribution in [0.5, 0.6) is 0 Å². The lowest BCUT2D eigenvalue weighted by Crippen LogP contribution is -2.23. The summed E-state index contributed by atoms with van der Waals surface area (Å²) in [7, 11) is 1.34. The van der Waals surface area contributed by atoms with Crippen molar-refractivity contribution >= 4 is 35.0 Å². The lowest BCUT2D eigenvalue weighted by atomic mass is 10.3. The first kappa shape index (κ1) is 18.2. The van der Waals surface area contributed by atoms with E-state index in [0.29, 0.717) is 15.9 Å². The number of thiophene rings is 1. The fourth-order valence-corrected chi connectivity index (χ4v) is 3.62. The number of esters is 1. The maximum absolute atomic E-state index is 12.2. The summed E-state index contributed by atoms with van der Waals surface area (Å²) in [6.45, 7) is 0.220. The number of hydrogen-bond acceptors (Lipinski definition) is 7. The van der Waals surface area contributed by atoms with E-state index < -0.39 is 0 Å². The molecule has 1 amide bonds. The Morgan fingerprint density at radius 3 is 2.69 bits per heavy atom. The van der Waals surface area contributed by atoms with Crippen LogP contribution in [0.15, 0.2) is 53.0 Å². The van der Waals surface area contributed by atoms with Crippen LogP contribution in [-0.4, -0.2) is 39.5 Å². The Balaban J connectivity index is 1.81. The Morgan fingerprint density at radius 2 is 2.00 bits per heavy atom. The van der Waals surface area contributed by atoms with E-state index >= 15 is 0 Å². The van der Waals surface area contributed by atoms with E-state index in [1.165, 1.54) is 30.2 Å². The number of carbonyl (C=O) groups excluding carboxylic acids is 2. The van der Waals surface area contributed by atoms with Crippen LogP contribution in [0, 0.1) is 0 Å². The molecule has 7 nitrogen and oxygen atoms in total. The van der Waals surface area contributed by atoms with Gasteiger partial charge in [0.25, 0.3) is 5.91 Å². The third kappa shape index (κ3) is 4.30. The summed E-state index contributed by atoms with van der Waals surface area (Å²) in [5.41, 5.74) is 0.852. The van der Waals surface area contributed by atoms with Crippen LogP contribution in [0.2, 0.25) is 0 Å². The largest absolute Gasteiger partial charge is 0.468 e. The van der Waals surface area contributed by atoms with Crippen LogP contribution < -0.4 is 5.32 Å². The van der Waals surface area contributed by atoms with Crippen molar-refractivity contribution in [1.29, 1.82) is 0 Å². The highest BCUT2D eigenvalue weighted by molar-refractivity contribution is 7.99. The van der Waals surface area contributed by atoms with Gasteiger partial charge in [0.15, 0.2) is 11.0 Å². The van der Waals surface area contributed by atoms with Gasteiger partial charge >= 0.3 is 5.97 Å². The van der Waals surface area contributed by atoms with E-state index in [0.717, 1.165) is 5.69 Å². The molecular formula is C17H16N4O3S2. The standard InChI is InChI=1S/C17H16N4O3S2/c1-24-15(22)11-26-17-20-19-14(21(17)12-6-3-2-4-7-12)10-18-16(23)13-8-5-9-25-13/h2-9H,10-11H2,1H3,(H,18,23). The highest BCUT2D eigenvalue weighted by Gasteiger charge is 2.17. The second kappa shape index (κ2) is 8.63. The molecule has 0 radical (unpaired) electrons. The van der Waals surface area contributed by atoms with Gasteiger partial charge in [-0.25, -0.2) is 0 Å². The average molecular weight is 388 g/mol. The molecule has 0 spiro atoms. The summed E-state index contributed by atoms with van der Waals surface area (Å²) < 4.78 is 6.49. The zero-order chi connectivity index (χ0) is 18.4. The van der Waals surface area contributed by atoms with Crippen molar-refractivity contribution in [2.24, 2.45) is 0 Å². The second-order valence-corrected chi connectivity index (χ2v) is 6.98. The predicted octanol–water partition coefficient (Wildman–Crippen LogP) is 2.52. The van der Waals surface area contributed by atoms with Crippen molar-refractivity contribution in [2.45, 2.75) is 11.7 Å². The quantitative estimate of drug-likeness (QED) is 0.494. The molecule has 134 valence electrons. The molecule has 0 fully saturated rings. The second-order valence-electron chi connectivity index (χ2n) is 5.09. The third-order valence-corrected chi connectivity index (χ3v) is 5.18. The number of rotatable bonds is 7. The van der Waals surface area contributed by atoms with Gasteiger partial charge in [-0.3, -0.25) is 14.2 Å². The van der Waals surface area contributed by atoms with E-state index in [-0.39, 0.29) is 24.2 Å². The Hall–Kier alpha value is -2.65. The summed E-state index contributed by atoms with van der Waals surface area (Å²) >= 11 is 2.61. The Kier molecular flexibility index (Phi) is 6.03. The molecule has 0 aliphatic rings. The van der Waals surface area contributed by atoms with Gasteiger partial charge in [-0.2, -0.15) is 0 Å². The molecule has 0 saturated heterocycles. The van der Waals surface area contributed by atoms with Gasteiger partial charge in [-0.1, -0.05) is 36.0 Å². The first-order chi connectivity index (χ1) is 12.7. The van der Waals surface area contributed by atoms with E-state index in [4.69, 9.17) is 0 Å². The number of methoxy groups -OCH3 is 1. The van der Waals surface area contributed by atoms with Crippen LogP contribution >= 0.6 is 23.1 Å². The van der Waals surface area contributed by atoms with Gasteiger partial charge in [-0.05, 0) is 23.6 Å². The minimum atomic E-state index is -0.342. The number of nitrogens with zero attached hydrogens (tertiary/aromatic N) is 3. The van der Waals surface area contributed by atoms with Gasteiger partial charge in [-0.15, -0.1) is 21.5 Å². The Morgan fingerprint density at radius 1 is 1.19 bits per heavy atom. The first-order valence-electron chi connectivity index (χ1n) is 7.70. The number of aromatic nitrogens is 3. The molecule has 26 heavy (non-hydrogen) atoms. The lowest BCUT2D eigenvalue weighted by molar-refractivity contribution is -0.137. The molecule has 1 N–H and O–H groups in total. The molecule has 2 aromatic heterocycles. The summed E-state index contributed by atoms with van der Waals surface area (Å²) in [6, 6.07) is 13.1. The molecule has 2 heterocycles. The summed E-state index contributed by atoms with van der Waals surface area (Å²) in [6.07, 6.45) is 0. The van der Waals surface area contributed by atoms with Crippen LogP contribution in [0.3, 0.4) is 0 Å². The van der Waals surface area contributed by atoms with E-state index in [1.807, 2.05) is 46.3 Å². The average Bonchev–Trinajstić information content (AvgIpc) is 3.34. The molecule has 0 aliphatic heterocycles. The number of thioether (sulfide) groups is 1.